The fraction of sp³-hybridized carbons (Fsp3) is 0.562. The third-order valence-corrected chi connectivity index (χ3v) is 3.28. The summed E-state index contributed by atoms with van der Waals surface area (Å²) in [4.78, 5) is 22.1. The molecule has 1 N–H and O–H groups in total. The maximum atomic E-state index is 12.0. The summed E-state index contributed by atoms with van der Waals surface area (Å²) >= 11 is 0. The summed E-state index contributed by atoms with van der Waals surface area (Å²) in [7, 11) is 1.51. The molecule has 2 heterocycles. The van der Waals surface area contributed by atoms with Crippen molar-refractivity contribution >= 4 is 12.0 Å². The van der Waals surface area contributed by atoms with Crippen LogP contribution in [-0.4, -0.2) is 52.8 Å². The molecule has 1 atom stereocenters. The normalized spacial score (nSPS) is 17.5. The molecule has 23 heavy (non-hydrogen) atoms. The summed E-state index contributed by atoms with van der Waals surface area (Å²) in [5.74, 6) is 3.25. The number of nitrogens with zero attached hydrogens (tertiary/aromatic N) is 3. The number of amides is 1. The lowest BCUT2D eigenvalue weighted by Crippen LogP contribution is -2.36. The highest BCUT2D eigenvalue weighted by Crippen LogP contribution is 2.19. The topological polar surface area (TPSA) is 76.6 Å². The number of anilines is 1. The summed E-state index contributed by atoms with van der Waals surface area (Å²) in [5, 5.41) is 3.19. The fourth-order valence-electron chi connectivity index (χ4n) is 2.24. The molecule has 0 unspecified atom stereocenters. The maximum absolute atomic E-state index is 12.0. The smallest absolute Gasteiger partial charge is 0.410 e. The van der Waals surface area contributed by atoms with Gasteiger partial charge in [-0.25, -0.2) is 9.78 Å². The van der Waals surface area contributed by atoms with Crippen molar-refractivity contribution < 1.29 is 14.3 Å². The molecule has 1 fully saturated rings. The Balaban J connectivity index is 1.96. The first-order valence-corrected chi connectivity index (χ1v) is 7.44. The number of carbonyl (C=O) groups excluding carboxylic acids is 1. The van der Waals surface area contributed by atoms with E-state index in [1.54, 1.807) is 4.90 Å². The van der Waals surface area contributed by atoms with Gasteiger partial charge in [0.05, 0.1) is 13.3 Å². The second kappa shape index (κ2) is 6.73. The van der Waals surface area contributed by atoms with E-state index in [9.17, 15) is 4.79 Å². The van der Waals surface area contributed by atoms with Crippen LogP contribution in [0.5, 0.6) is 5.88 Å². The number of hydrogen-bond acceptors (Lipinski definition) is 6. The van der Waals surface area contributed by atoms with E-state index in [4.69, 9.17) is 15.9 Å². The van der Waals surface area contributed by atoms with Crippen molar-refractivity contribution in [2.24, 2.45) is 0 Å². The molecule has 1 aliphatic rings. The summed E-state index contributed by atoms with van der Waals surface area (Å²) in [6.45, 7) is 6.72. The number of hydrogen-bond donors (Lipinski definition) is 1. The zero-order valence-electron chi connectivity index (χ0n) is 13.9. The van der Waals surface area contributed by atoms with Crippen LogP contribution in [0.25, 0.3) is 0 Å². The van der Waals surface area contributed by atoms with Crippen molar-refractivity contribution in [3.05, 3.63) is 11.8 Å². The van der Waals surface area contributed by atoms with E-state index >= 15 is 0 Å². The lowest BCUT2D eigenvalue weighted by atomic mass is 10.2. The monoisotopic (exact) mass is 318 g/mol. The van der Waals surface area contributed by atoms with Crippen LogP contribution in [0.1, 0.15) is 32.8 Å². The van der Waals surface area contributed by atoms with Crippen LogP contribution < -0.4 is 10.1 Å². The van der Waals surface area contributed by atoms with E-state index < -0.39 is 5.60 Å². The molecular formula is C16H22N4O3. The van der Waals surface area contributed by atoms with Gasteiger partial charge in [-0.3, -0.25) is 0 Å². The van der Waals surface area contributed by atoms with Crippen molar-refractivity contribution in [2.75, 3.05) is 25.5 Å². The minimum Gasteiger partial charge on any atom is -0.480 e. The molecule has 1 aromatic heterocycles. The van der Waals surface area contributed by atoms with Crippen molar-refractivity contribution in [2.45, 2.75) is 38.8 Å². The first-order chi connectivity index (χ1) is 10.8. The summed E-state index contributed by atoms with van der Waals surface area (Å²) in [5.41, 5.74) is 0.00396. The molecule has 0 radical (unpaired) electrons. The van der Waals surface area contributed by atoms with Crippen molar-refractivity contribution in [1.82, 2.24) is 14.9 Å². The molecule has 0 saturated carbocycles. The minimum absolute atomic E-state index is 0.0592. The van der Waals surface area contributed by atoms with Gasteiger partial charge in [-0.1, -0.05) is 5.92 Å². The Morgan fingerprint density at radius 3 is 2.87 bits per heavy atom. The summed E-state index contributed by atoms with van der Waals surface area (Å²) in [6, 6.07) is 0.0592. The van der Waals surface area contributed by atoms with E-state index in [1.165, 1.54) is 13.3 Å². The number of ether oxygens (including phenoxy) is 2. The molecule has 1 aromatic rings. The third kappa shape index (κ3) is 4.49. The van der Waals surface area contributed by atoms with E-state index in [1.807, 2.05) is 20.8 Å². The first kappa shape index (κ1) is 16.9. The summed E-state index contributed by atoms with van der Waals surface area (Å²) < 4.78 is 10.5. The lowest BCUT2D eigenvalue weighted by Gasteiger charge is -2.24. The molecular weight excluding hydrogens is 296 g/mol. The number of terminal acetylenes is 1. The average molecular weight is 318 g/mol. The zero-order valence-corrected chi connectivity index (χ0v) is 13.9. The van der Waals surface area contributed by atoms with Crippen molar-refractivity contribution in [3.63, 3.8) is 0 Å². The lowest BCUT2D eigenvalue weighted by molar-refractivity contribution is 0.0293. The predicted molar refractivity (Wildman–Crippen MR) is 86.4 cm³/mol. The number of nitrogens with one attached hydrogen (secondary N) is 1. The van der Waals surface area contributed by atoms with Gasteiger partial charge in [-0.05, 0) is 27.2 Å². The fourth-order valence-corrected chi connectivity index (χ4v) is 2.24. The highest BCUT2D eigenvalue weighted by Gasteiger charge is 2.30. The quantitative estimate of drug-likeness (QED) is 0.858. The Bertz CT molecular complexity index is 619. The Labute approximate surface area is 136 Å². The SMILES string of the molecule is C#Cc1cnc(N[C@H]2CCN(C(=O)OC(C)(C)C)C2)nc1OC. The number of likely N-dealkylation sites (tertiary alicyclic amines) is 1. The molecule has 1 amide bonds. The van der Waals surface area contributed by atoms with Crippen LogP contribution in [0.3, 0.4) is 0 Å². The number of aromatic nitrogens is 2. The Kier molecular flexibility index (Phi) is 4.94. The molecule has 0 aromatic carbocycles. The van der Waals surface area contributed by atoms with Crippen LogP contribution in [0.15, 0.2) is 6.20 Å². The highest BCUT2D eigenvalue weighted by molar-refractivity contribution is 5.68. The van der Waals surface area contributed by atoms with E-state index in [0.29, 0.717) is 30.5 Å². The van der Waals surface area contributed by atoms with Crippen molar-refractivity contribution in [1.29, 1.82) is 0 Å². The van der Waals surface area contributed by atoms with E-state index in [2.05, 4.69) is 21.2 Å². The third-order valence-electron chi connectivity index (χ3n) is 3.28. The van der Waals surface area contributed by atoms with Gasteiger partial charge in [-0.2, -0.15) is 4.98 Å². The molecule has 1 aliphatic heterocycles. The molecule has 7 nitrogen and oxygen atoms in total. The first-order valence-electron chi connectivity index (χ1n) is 7.44. The maximum Gasteiger partial charge on any atom is 0.410 e. The minimum atomic E-state index is -0.496. The second-order valence-electron chi connectivity index (χ2n) is 6.32. The molecule has 0 aliphatic carbocycles. The van der Waals surface area contributed by atoms with Crippen LogP contribution >= 0.6 is 0 Å². The highest BCUT2D eigenvalue weighted by atomic mass is 16.6. The van der Waals surface area contributed by atoms with E-state index in [0.717, 1.165) is 6.42 Å². The second-order valence-corrected chi connectivity index (χ2v) is 6.32. The van der Waals surface area contributed by atoms with Crippen LogP contribution in [0, 0.1) is 12.3 Å². The average Bonchev–Trinajstić information content (AvgIpc) is 2.94. The van der Waals surface area contributed by atoms with Gasteiger partial charge >= 0.3 is 6.09 Å². The molecule has 2 rings (SSSR count). The molecule has 1 saturated heterocycles. The molecule has 0 spiro atoms. The number of methoxy groups -OCH3 is 1. The molecule has 7 heteroatoms. The number of rotatable bonds is 3. The van der Waals surface area contributed by atoms with Gasteiger partial charge in [0.15, 0.2) is 0 Å². The zero-order chi connectivity index (χ0) is 17.0. The van der Waals surface area contributed by atoms with Crippen LogP contribution in [0.2, 0.25) is 0 Å². The Hall–Kier alpha value is -2.49. The molecule has 0 bridgehead atoms. The van der Waals surface area contributed by atoms with Gasteiger partial charge in [0, 0.05) is 19.1 Å². The number of carbonyl (C=O) groups is 1. The van der Waals surface area contributed by atoms with Gasteiger partial charge in [0.25, 0.3) is 0 Å². The Morgan fingerprint density at radius 1 is 1.52 bits per heavy atom. The van der Waals surface area contributed by atoms with Crippen LogP contribution in [-0.2, 0) is 4.74 Å². The van der Waals surface area contributed by atoms with E-state index in [-0.39, 0.29) is 12.1 Å². The summed E-state index contributed by atoms with van der Waals surface area (Å²) in [6.07, 6.45) is 7.38. The Morgan fingerprint density at radius 2 is 2.26 bits per heavy atom. The molecule has 124 valence electrons. The van der Waals surface area contributed by atoms with Gasteiger partial charge in [0.1, 0.15) is 11.2 Å². The van der Waals surface area contributed by atoms with Crippen LogP contribution in [0.4, 0.5) is 10.7 Å². The van der Waals surface area contributed by atoms with Gasteiger partial charge in [0.2, 0.25) is 11.8 Å². The predicted octanol–water partition coefficient (Wildman–Crippen LogP) is 1.89. The van der Waals surface area contributed by atoms with Crippen molar-refractivity contribution in [3.8, 4) is 18.2 Å². The van der Waals surface area contributed by atoms with Gasteiger partial charge < -0.3 is 19.7 Å². The van der Waals surface area contributed by atoms with Gasteiger partial charge in [-0.15, -0.1) is 6.42 Å². The standard InChI is InChI=1S/C16H22N4O3/c1-6-11-9-17-14(19-13(11)22-5)18-12-7-8-20(10-12)15(21)23-16(2,3)4/h1,9,12H,7-8,10H2,2-5H3,(H,17,18,19)/t12-/m0/s1. The largest absolute Gasteiger partial charge is 0.480 e.